The molecule has 652 valence electrons. The molecule has 6 aromatic carbocycles. The van der Waals surface area contributed by atoms with Crippen LogP contribution in [-0.2, 0) is 83.4 Å². The van der Waals surface area contributed by atoms with E-state index in [2.05, 4.69) is 144 Å². The Morgan fingerprint density at radius 3 is 0.838 bits per heavy atom. The Balaban J connectivity index is 0.000000122. The van der Waals surface area contributed by atoms with E-state index in [1.807, 2.05) is 173 Å². The van der Waals surface area contributed by atoms with E-state index in [1.165, 1.54) is 23.6 Å². The number of carbonyl (C=O) groups is 4. The van der Waals surface area contributed by atoms with Crippen molar-refractivity contribution in [2.75, 3.05) is 19.6 Å². The number of fused-ring (bicyclic) bond motifs is 4. The van der Waals surface area contributed by atoms with Gasteiger partial charge < -0.3 is 0 Å². The smallest absolute Gasteiger partial charge is 0.292 e. The summed E-state index contributed by atoms with van der Waals surface area (Å²) in [6.07, 6.45) is -3.70. The van der Waals surface area contributed by atoms with Gasteiger partial charge >= 0.3 is 12.4 Å². The summed E-state index contributed by atoms with van der Waals surface area (Å²) in [5, 5.41) is 56.9. The predicted molar refractivity (Wildman–Crippen MR) is 460 cm³/mol. The van der Waals surface area contributed by atoms with Gasteiger partial charge in [0.25, 0.3) is 0 Å². The minimum absolute atomic E-state index is 0.00241. The number of H-pyrrole nitrogens is 4. The normalized spacial score (nSPS) is 13.6. The van der Waals surface area contributed by atoms with Crippen molar-refractivity contribution in [3.63, 3.8) is 0 Å². The topological polar surface area (TPSA) is 428 Å². The molecule has 40 heteroatoms. The Kier molecular flexibility index (Phi) is 24.2. The molecule has 0 bridgehead atoms. The Morgan fingerprint density at radius 1 is 0.292 bits per heavy atom. The molecule has 0 spiro atoms. The lowest BCUT2D eigenvalue weighted by molar-refractivity contribution is -0.143. The minimum atomic E-state index is -4.63. The van der Waals surface area contributed by atoms with Crippen molar-refractivity contribution < 1.29 is 45.5 Å². The standard InChI is InChI=1S/C23H18F3N7O.C23H21N7O.C22H17F3N8O.C22H20N8O/c1-13-27-20(23(24,25)26)18-10-11-19(34)33(22(18)28-13)12-14-6-8-15(9-7-14)16-4-2-3-5-17(16)21-29-31-32-30-21;1-14-18-11-12-21(31)30(23(18)25-15(2)24-14)13-16-7-9-17(10-8-16)19-5-3-4-6-20(19)22-26-28-29-27-22;1-12-27-19(22(23,24)25)16-7-9-18(34)33(21(16)28-12)11-13-6-8-17(26-10-13)14-4-2-3-5-15(14)20-29-31-32-30-20;1-13-16-8-10-20(31)30(22(16)25-14(2)24-13)12-15-7-9-19(23-11-15)17-5-3-4-6-18(17)21-26-28-29-27-21/h2-9H,10-12H2,1H3,(H,29,30,31,32);3-10H,11-13H2,1-2H3,(H,26,27,28,29);2-6,8,10H,7,9,11H2,1H3,(H,29,30,31,32);3-7,9,11H,8,10,12H2,1-2H3,(H,26,27,28,29). The van der Waals surface area contributed by atoms with Crippen LogP contribution in [0.4, 0.5) is 49.6 Å². The molecule has 4 N–H and O–H groups in total. The second-order valence-corrected chi connectivity index (χ2v) is 30.7. The number of pyridine rings is 2. The lowest BCUT2D eigenvalue weighted by Gasteiger charge is -2.30. The quantitative estimate of drug-likeness (QED) is 0.0653. The third kappa shape index (κ3) is 18.5. The third-order valence-corrected chi connectivity index (χ3v) is 22.1. The molecule has 20 rings (SSSR count). The van der Waals surface area contributed by atoms with Gasteiger partial charge in [-0.1, -0.05) is 158 Å². The van der Waals surface area contributed by atoms with Crippen LogP contribution in [-0.4, -0.2) is 156 Å². The van der Waals surface area contributed by atoms with Gasteiger partial charge in [-0.2, -0.15) is 47.2 Å². The highest BCUT2D eigenvalue weighted by Crippen LogP contribution is 2.43. The molecular weight excluding hydrogens is 1680 g/mol. The summed E-state index contributed by atoms with van der Waals surface area (Å²) >= 11 is 0. The highest BCUT2D eigenvalue weighted by molar-refractivity contribution is 5.98. The molecule has 0 atom stereocenters. The zero-order chi connectivity index (χ0) is 90.5. The van der Waals surface area contributed by atoms with Gasteiger partial charge in [0.05, 0.1) is 37.6 Å². The average molecular weight is 1760 g/mol. The van der Waals surface area contributed by atoms with Crippen LogP contribution in [0.1, 0.15) is 116 Å². The molecule has 14 heterocycles. The largest absolute Gasteiger partial charge is 0.433 e. The fourth-order valence-electron chi connectivity index (χ4n) is 16.0. The maximum absolute atomic E-state index is 13.5. The van der Waals surface area contributed by atoms with Crippen LogP contribution >= 0.6 is 0 Å². The number of amides is 4. The molecule has 4 aliphatic heterocycles. The van der Waals surface area contributed by atoms with Crippen LogP contribution in [0.3, 0.4) is 0 Å². The van der Waals surface area contributed by atoms with Gasteiger partial charge in [-0.3, -0.25) is 48.7 Å². The van der Waals surface area contributed by atoms with Gasteiger partial charge in [-0.15, -0.1) is 40.8 Å². The van der Waals surface area contributed by atoms with Gasteiger partial charge in [-0.25, -0.2) is 39.9 Å². The summed E-state index contributed by atoms with van der Waals surface area (Å²) in [4.78, 5) is 99.5. The van der Waals surface area contributed by atoms with E-state index in [0.29, 0.717) is 90.8 Å². The number of aromatic nitrogens is 26. The molecular formula is C90H76F6N30O4. The zero-order valence-corrected chi connectivity index (χ0v) is 70.3. The van der Waals surface area contributed by atoms with Gasteiger partial charge in [0.2, 0.25) is 46.9 Å². The Bertz CT molecular complexity index is 6440. The number of tetrazole rings is 4. The van der Waals surface area contributed by atoms with E-state index in [4.69, 9.17) is 0 Å². The Morgan fingerprint density at radius 2 is 0.554 bits per heavy atom. The fraction of sp³-hybridized carbons (Fsp3) is 0.222. The maximum Gasteiger partial charge on any atom is 0.433 e. The second kappa shape index (κ2) is 36.7. The molecule has 0 radical (unpaired) electrons. The highest BCUT2D eigenvalue weighted by atomic mass is 19.4. The molecule has 0 fully saturated rings. The fourth-order valence-corrected chi connectivity index (χ4v) is 16.0. The molecule has 16 aromatic rings. The number of alkyl halides is 6. The molecule has 0 aliphatic carbocycles. The Hall–Kier alpha value is -16.3. The van der Waals surface area contributed by atoms with Crippen molar-refractivity contribution in [3.8, 4) is 90.3 Å². The van der Waals surface area contributed by atoms with Crippen LogP contribution in [0.5, 0.6) is 0 Å². The number of nitrogens with one attached hydrogen (secondary N) is 4. The summed E-state index contributed by atoms with van der Waals surface area (Å²) in [5.74, 6) is 4.32. The van der Waals surface area contributed by atoms with Crippen LogP contribution in [0.25, 0.3) is 90.3 Å². The molecule has 10 aromatic heterocycles. The first-order valence-corrected chi connectivity index (χ1v) is 41.0. The van der Waals surface area contributed by atoms with Crippen LogP contribution < -0.4 is 19.6 Å². The van der Waals surface area contributed by atoms with Crippen LogP contribution in [0.15, 0.2) is 182 Å². The first-order chi connectivity index (χ1) is 62.8. The van der Waals surface area contributed by atoms with Crippen molar-refractivity contribution >= 4 is 46.9 Å². The van der Waals surface area contributed by atoms with Crippen LogP contribution in [0, 0.1) is 41.5 Å². The van der Waals surface area contributed by atoms with Gasteiger partial charge in [-0.05, 0) is 145 Å². The number of nitrogens with zero attached hydrogens (tertiary/aromatic N) is 26. The third-order valence-electron chi connectivity index (χ3n) is 22.1. The van der Waals surface area contributed by atoms with E-state index in [1.54, 1.807) is 34.3 Å². The molecule has 0 saturated carbocycles. The lowest BCUT2D eigenvalue weighted by Crippen LogP contribution is -2.37. The zero-order valence-electron chi connectivity index (χ0n) is 70.3. The van der Waals surface area contributed by atoms with Gasteiger partial charge in [0.15, 0.2) is 11.4 Å². The van der Waals surface area contributed by atoms with E-state index >= 15 is 0 Å². The summed E-state index contributed by atoms with van der Waals surface area (Å²) in [6.45, 7) is 11.5. The van der Waals surface area contributed by atoms with Crippen LogP contribution in [0.2, 0.25) is 0 Å². The first kappa shape index (κ1) is 85.8. The number of hydrogen-bond donors (Lipinski definition) is 4. The molecule has 34 nitrogen and oxygen atoms in total. The van der Waals surface area contributed by atoms with Crippen molar-refractivity contribution in [3.05, 3.63) is 273 Å². The summed E-state index contributed by atoms with van der Waals surface area (Å²) in [6, 6.07) is 53.9. The number of aryl methyl sites for hydroxylation is 6. The number of halogens is 6. The van der Waals surface area contributed by atoms with Crippen molar-refractivity contribution in [1.82, 2.24) is 132 Å². The number of hydrogen-bond acceptors (Lipinski definition) is 26. The average Bonchev–Trinajstić information content (AvgIpc) is 0.799. The minimum Gasteiger partial charge on any atom is -0.292 e. The van der Waals surface area contributed by atoms with E-state index in [-0.39, 0.29) is 96.8 Å². The number of aromatic amines is 4. The number of benzene rings is 6. The predicted octanol–water partition coefficient (Wildman–Crippen LogP) is 13.9. The van der Waals surface area contributed by atoms with Crippen molar-refractivity contribution in [1.29, 1.82) is 0 Å². The van der Waals surface area contributed by atoms with Crippen molar-refractivity contribution in [2.24, 2.45) is 0 Å². The lowest BCUT2D eigenvalue weighted by atomic mass is 9.97. The number of anilines is 4. The summed E-state index contributed by atoms with van der Waals surface area (Å²) in [5.41, 5.74) is 15.6. The van der Waals surface area contributed by atoms with E-state index in [9.17, 15) is 45.5 Å². The number of carbonyl (C=O) groups excluding carboxylic acids is 4. The van der Waals surface area contributed by atoms with E-state index < -0.39 is 23.7 Å². The van der Waals surface area contributed by atoms with Gasteiger partial charge in [0, 0.05) is 105 Å². The molecule has 4 amide bonds. The van der Waals surface area contributed by atoms with E-state index in [0.717, 1.165) is 106 Å². The monoisotopic (exact) mass is 1750 g/mol. The first-order valence-electron chi connectivity index (χ1n) is 41.0. The highest BCUT2D eigenvalue weighted by Gasteiger charge is 2.43. The molecule has 0 saturated heterocycles. The molecule has 0 unspecified atom stereocenters. The Labute approximate surface area is 735 Å². The van der Waals surface area contributed by atoms with Gasteiger partial charge in [0.1, 0.15) is 46.6 Å². The number of rotatable bonds is 16. The second-order valence-electron chi connectivity index (χ2n) is 30.7. The SMILES string of the molecule is Cc1nc(C)c2c(n1)N(Cc1ccc(-c3ccccc3-c3nn[nH]n3)cc1)C(=O)CC2.Cc1nc(C)c2c(n1)N(Cc1ccc(-c3ccccc3-c3nn[nH]n3)nc1)C(=O)CC2.Cc1nc2c(c(C(F)(F)F)n1)CCC(=O)N2Cc1ccc(-c2ccccc2-c2nn[nH]n2)cc1.Cc1nc2c(c(C(F)(F)F)n1)CCC(=O)N2Cc1ccc(-c2ccccc2-c2nn[nH]n2)nc1. The van der Waals surface area contributed by atoms with Crippen molar-refractivity contribution in [2.45, 2.75) is 131 Å². The maximum atomic E-state index is 13.5. The molecule has 4 aliphatic rings. The summed E-state index contributed by atoms with van der Waals surface area (Å²) < 4.78 is 81.2. The molecule has 130 heavy (non-hydrogen) atoms. The summed E-state index contributed by atoms with van der Waals surface area (Å²) in [7, 11) is 0.